The van der Waals surface area contributed by atoms with Gasteiger partial charge in [-0.2, -0.15) is 0 Å². The number of methoxy groups -OCH3 is 2. The van der Waals surface area contributed by atoms with Gasteiger partial charge in [0.05, 0.1) is 7.11 Å². The van der Waals surface area contributed by atoms with E-state index in [0.717, 1.165) is 32.4 Å². The third-order valence-electron chi connectivity index (χ3n) is 3.07. The van der Waals surface area contributed by atoms with E-state index in [9.17, 15) is 4.79 Å². The van der Waals surface area contributed by atoms with Crippen LogP contribution in [0.3, 0.4) is 0 Å². The van der Waals surface area contributed by atoms with Gasteiger partial charge in [-0.15, -0.1) is 0 Å². The van der Waals surface area contributed by atoms with Gasteiger partial charge in [-0.3, -0.25) is 4.79 Å². The van der Waals surface area contributed by atoms with E-state index in [2.05, 4.69) is 5.32 Å². The molecule has 1 aliphatic heterocycles. The minimum atomic E-state index is -0.480. The molecule has 1 aliphatic rings. The molecule has 0 amide bonds. The normalized spacial score (nSPS) is 30.5. The van der Waals surface area contributed by atoms with Crippen LogP contribution in [0.4, 0.5) is 0 Å². The first-order chi connectivity index (χ1) is 7.12. The molecule has 0 radical (unpaired) electrons. The molecule has 0 aromatic heterocycles. The number of nitrogens with one attached hydrogen (secondary N) is 1. The number of esters is 1. The molecule has 2 atom stereocenters. The van der Waals surface area contributed by atoms with Crippen molar-refractivity contribution in [2.24, 2.45) is 5.92 Å². The summed E-state index contributed by atoms with van der Waals surface area (Å²) in [5, 5.41) is 3.25. The quantitative estimate of drug-likeness (QED) is 0.548. The van der Waals surface area contributed by atoms with Gasteiger partial charge in [-0.1, -0.05) is 0 Å². The Morgan fingerprint density at radius 3 is 2.87 bits per heavy atom. The molecule has 0 saturated carbocycles. The molecule has 0 aromatic carbocycles. The highest BCUT2D eigenvalue weighted by Gasteiger charge is 2.41. The van der Waals surface area contributed by atoms with Crippen LogP contribution in [0.25, 0.3) is 0 Å². The van der Waals surface area contributed by atoms with Crippen LogP contribution in [0.1, 0.15) is 26.2 Å². The summed E-state index contributed by atoms with van der Waals surface area (Å²) < 4.78 is 9.80. The second-order valence-corrected chi connectivity index (χ2v) is 4.41. The predicted molar refractivity (Wildman–Crippen MR) is 57.6 cm³/mol. The Bertz CT molecular complexity index is 220. The molecular weight excluding hydrogens is 194 g/mol. The molecule has 15 heavy (non-hydrogen) atoms. The van der Waals surface area contributed by atoms with Gasteiger partial charge < -0.3 is 14.8 Å². The molecule has 88 valence electrons. The standard InChI is InChI=1S/C11H21NO3/c1-11(10(13)15-3)7-9(8-12-11)5-4-6-14-2/h9,12H,4-8H2,1-3H3. The van der Waals surface area contributed by atoms with E-state index in [1.807, 2.05) is 6.92 Å². The summed E-state index contributed by atoms with van der Waals surface area (Å²) in [6, 6.07) is 0. The fourth-order valence-electron chi connectivity index (χ4n) is 2.19. The number of ether oxygens (including phenoxy) is 2. The zero-order chi connectivity index (χ0) is 11.3. The van der Waals surface area contributed by atoms with Gasteiger partial charge in [0.25, 0.3) is 0 Å². The van der Waals surface area contributed by atoms with E-state index in [4.69, 9.17) is 9.47 Å². The summed E-state index contributed by atoms with van der Waals surface area (Å²) in [6.45, 7) is 3.61. The molecule has 4 nitrogen and oxygen atoms in total. The number of carbonyl (C=O) groups excluding carboxylic acids is 1. The van der Waals surface area contributed by atoms with Crippen LogP contribution in [-0.2, 0) is 14.3 Å². The Morgan fingerprint density at radius 2 is 2.27 bits per heavy atom. The van der Waals surface area contributed by atoms with Crippen LogP contribution in [0, 0.1) is 5.92 Å². The molecule has 1 fully saturated rings. The van der Waals surface area contributed by atoms with Gasteiger partial charge in [-0.05, 0) is 38.6 Å². The number of hydrogen-bond acceptors (Lipinski definition) is 4. The second kappa shape index (κ2) is 5.47. The topological polar surface area (TPSA) is 47.6 Å². The first kappa shape index (κ1) is 12.5. The van der Waals surface area contributed by atoms with Crippen molar-refractivity contribution in [1.29, 1.82) is 0 Å². The SMILES string of the molecule is COCCCC1CNC(C)(C(=O)OC)C1. The monoisotopic (exact) mass is 215 g/mol. The highest BCUT2D eigenvalue weighted by Crippen LogP contribution is 2.28. The van der Waals surface area contributed by atoms with E-state index < -0.39 is 5.54 Å². The highest BCUT2D eigenvalue weighted by atomic mass is 16.5. The lowest BCUT2D eigenvalue weighted by Gasteiger charge is -2.20. The molecule has 1 saturated heterocycles. The Morgan fingerprint density at radius 1 is 1.53 bits per heavy atom. The van der Waals surface area contributed by atoms with Crippen LogP contribution < -0.4 is 5.32 Å². The molecule has 0 aromatic rings. The Labute approximate surface area is 91.3 Å². The van der Waals surface area contributed by atoms with Crippen molar-refractivity contribution in [3.63, 3.8) is 0 Å². The Kier molecular flexibility index (Phi) is 4.54. The fraction of sp³-hybridized carbons (Fsp3) is 0.909. The summed E-state index contributed by atoms with van der Waals surface area (Å²) >= 11 is 0. The Hall–Kier alpha value is -0.610. The van der Waals surface area contributed by atoms with E-state index in [-0.39, 0.29) is 5.97 Å². The van der Waals surface area contributed by atoms with Crippen LogP contribution in [0.2, 0.25) is 0 Å². The maximum absolute atomic E-state index is 11.5. The van der Waals surface area contributed by atoms with Crippen molar-refractivity contribution in [3.05, 3.63) is 0 Å². The molecule has 1 N–H and O–H groups in total. The van der Waals surface area contributed by atoms with E-state index in [1.54, 1.807) is 7.11 Å². The van der Waals surface area contributed by atoms with Crippen molar-refractivity contribution in [3.8, 4) is 0 Å². The van der Waals surface area contributed by atoms with Crippen molar-refractivity contribution >= 4 is 5.97 Å². The molecular formula is C11H21NO3. The highest BCUT2D eigenvalue weighted by molar-refractivity contribution is 5.80. The molecule has 0 spiro atoms. The van der Waals surface area contributed by atoms with E-state index in [0.29, 0.717) is 5.92 Å². The maximum atomic E-state index is 11.5. The average Bonchev–Trinajstić information content (AvgIpc) is 2.61. The lowest BCUT2D eigenvalue weighted by Crippen LogP contribution is -2.45. The van der Waals surface area contributed by atoms with Crippen molar-refractivity contribution in [2.45, 2.75) is 31.7 Å². The zero-order valence-corrected chi connectivity index (χ0v) is 9.84. The minimum absolute atomic E-state index is 0.156. The van der Waals surface area contributed by atoms with Crippen molar-refractivity contribution < 1.29 is 14.3 Å². The third kappa shape index (κ3) is 3.18. The van der Waals surface area contributed by atoms with Crippen LogP contribution in [-0.4, -0.2) is 38.9 Å². The van der Waals surface area contributed by atoms with E-state index >= 15 is 0 Å². The first-order valence-corrected chi connectivity index (χ1v) is 5.45. The molecule has 0 bridgehead atoms. The lowest BCUT2D eigenvalue weighted by atomic mass is 9.92. The van der Waals surface area contributed by atoms with Crippen LogP contribution >= 0.6 is 0 Å². The van der Waals surface area contributed by atoms with Gasteiger partial charge >= 0.3 is 5.97 Å². The van der Waals surface area contributed by atoms with Gasteiger partial charge in [0.1, 0.15) is 5.54 Å². The minimum Gasteiger partial charge on any atom is -0.468 e. The number of hydrogen-bond donors (Lipinski definition) is 1. The van der Waals surface area contributed by atoms with Crippen LogP contribution in [0.15, 0.2) is 0 Å². The smallest absolute Gasteiger partial charge is 0.325 e. The van der Waals surface area contributed by atoms with E-state index in [1.165, 1.54) is 7.11 Å². The molecule has 1 rings (SSSR count). The van der Waals surface area contributed by atoms with Crippen LogP contribution in [0.5, 0.6) is 0 Å². The van der Waals surface area contributed by atoms with Gasteiger partial charge in [0, 0.05) is 13.7 Å². The summed E-state index contributed by atoms with van der Waals surface area (Å²) in [5.74, 6) is 0.404. The molecule has 2 unspecified atom stereocenters. The largest absolute Gasteiger partial charge is 0.468 e. The fourth-order valence-corrected chi connectivity index (χ4v) is 2.19. The molecule has 1 heterocycles. The summed E-state index contributed by atoms with van der Waals surface area (Å²) in [7, 11) is 3.15. The Balaban J connectivity index is 2.34. The summed E-state index contributed by atoms with van der Waals surface area (Å²) in [4.78, 5) is 11.5. The zero-order valence-electron chi connectivity index (χ0n) is 9.84. The summed E-state index contributed by atoms with van der Waals surface area (Å²) in [6.07, 6.45) is 3.02. The van der Waals surface area contributed by atoms with Gasteiger partial charge in [0.15, 0.2) is 0 Å². The molecule has 0 aliphatic carbocycles. The second-order valence-electron chi connectivity index (χ2n) is 4.41. The van der Waals surface area contributed by atoms with Crippen molar-refractivity contribution in [2.75, 3.05) is 27.4 Å². The maximum Gasteiger partial charge on any atom is 0.325 e. The summed E-state index contributed by atoms with van der Waals surface area (Å²) in [5.41, 5.74) is -0.480. The third-order valence-corrected chi connectivity index (χ3v) is 3.07. The van der Waals surface area contributed by atoms with Gasteiger partial charge in [0.2, 0.25) is 0 Å². The van der Waals surface area contributed by atoms with Crippen molar-refractivity contribution in [1.82, 2.24) is 5.32 Å². The lowest BCUT2D eigenvalue weighted by molar-refractivity contribution is -0.147. The molecule has 4 heteroatoms. The number of carbonyl (C=O) groups is 1. The number of rotatable bonds is 5. The average molecular weight is 215 g/mol. The predicted octanol–water partition coefficient (Wildman–Crippen LogP) is 0.954. The van der Waals surface area contributed by atoms with Gasteiger partial charge in [-0.25, -0.2) is 0 Å². The first-order valence-electron chi connectivity index (χ1n) is 5.45.